The monoisotopic (exact) mass is 369 g/mol. The summed E-state index contributed by atoms with van der Waals surface area (Å²) >= 11 is 1.20. The van der Waals surface area contributed by atoms with Crippen LogP contribution in [-0.4, -0.2) is 29.0 Å². The summed E-state index contributed by atoms with van der Waals surface area (Å²) in [5.74, 6) is 1.17. The molecule has 3 rings (SSSR count). The van der Waals surface area contributed by atoms with Crippen molar-refractivity contribution in [1.29, 1.82) is 0 Å². The summed E-state index contributed by atoms with van der Waals surface area (Å²) in [6.45, 7) is 2.08. The van der Waals surface area contributed by atoms with Gasteiger partial charge in [0, 0.05) is 11.3 Å². The van der Waals surface area contributed by atoms with Gasteiger partial charge >= 0.3 is 0 Å². The number of nitrogens with zero attached hydrogens (tertiary/aromatic N) is 2. The predicted octanol–water partition coefficient (Wildman–Crippen LogP) is 4.04. The van der Waals surface area contributed by atoms with Crippen LogP contribution < -0.4 is 10.1 Å². The van der Waals surface area contributed by atoms with E-state index in [0.29, 0.717) is 16.9 Å². The fourth-order valence-electron chi connectivity index (χ4n) is 2.33. The number of carbonyl (C=O) groups excluding carboxylic acids is 1. The van der Waals surface area contributed by atoms with Crippen LogP contribution in [0.15, 0.2) is 58.2 Å². The Bertz CT molecular complexity index is 895. The molecule has 0 bridgehead atoms. The number of aryl methyl sites for hydroxylation is 1. The quantitative estimate of drug-likeness (QED) is 0.634. The Hall–Kier alpha value is -2.80. The van der Waals surface area contributed by atoms with Crippen molar-refractivity contribution in [2.75, 3.05) is 18.2 Å². The number of benzene rings is 2. The van der Waals surface area contributed by atoms with Gasteiger partial charge in [-0.1, -0.05) is 36.9 Å². The number of aromatic nitrogens is 2. The Kier molecular flexibility index (Phi) is 5.91. The van der Waals surface area contributed by atoms with E-state index in [1.54, 1.807) is 7.11 Å². The molecule has 0 saturated heterocycles. The third-order valence-electron chi connectivity index (χ3n) is 3.67. The maximum atomic E-state index is 12.1. The number of hydrogen-bond acceptors (Lipinski definition) is 6. The molecule has 2 aromatic carbocycles. The van der Waals surface area contributed by atoms with Gasteiger partial charge in [0.2, 0.25) is 11.8 Å². The Morgan fingerprint density at radius 1 is 1.19 bits per heavy atom. The molecule has 1 amide bonds. The highest BCUT2D eigenvalue weighted by molar-refractivity contribution is 7.99. The first-order valence-corrected chi connectivity index (χ1v) is 9.16. The van der Waals surface area contributed by atoms with Crippen LogP contribution in [0.5, 0.6) is 5.75 Å². The minimum atomic E-state index is -0.121. The van der Waals surface area contributed by atoms with Crippen molar-refractivity contribution in [2.24, 2.45) is 0 Å². The number of ether oxygens (including phenoxy) is 1. The lowest BCUT2D eigenvalue weighted by atomic mass is 10.1. The molecule has 0 aliphatic rings. The number of methoxy groups -OCH3 is 1. The molecule has 0 atom stereocenters. The first kappa shape index (κ1) is 18.0. The molecule has 0 aliphatic heterocycles. The summed E-state index contributed by atoms with van der Waals surface area (Å²) in [7, 11) is 1.60. The first-order valence-electron chi connectivity index (χ1n) is 8.17. The second-order valence-electron chi connectivity index (χ2n) is 5.50. The second kappa shape index (κ2) is 8.53. The molecule has 3 aromatic rings. The number of hydrogen-bond donors (Lipinski definition) is 1. The van der Waals surface area contributed by atoms with Gasteiger partial charge in [-0.25, -0.2) is 0 Å². The van der Waals surface area contributed by atoms with Crippen LogP contribution in [-0.2, 0) is 11.2 Å². The van der Waals surface area contributed by atoms with E-state index in [2.05, 4.69) is 22.4 Å². The zero-order valence-electron chi connectivity index (χ0n) is 14.6. The third kappa shape index (κ3) is 4.64. The SMILES string of the molecule is CCc1cccc(NC(=O)CSc2nnc(-c3cccc(OC)c3)o2)c1. The van der Waals surface area contributed by atoms with Gasteiger partial charge in [-0.15, -0.1) is 10.2 Å². The highest BCUT2D eigenvalue weighted by atomic mass is 32.2. The van der Waals surface area contributed by atoms with E-state index in [-0.39, 0.29) is 11.7 Å². The minimum absolute atomic E-state index is 0.121. The predicted molar refractivity (Wildman–Crippen MR) is 101 cm³/mol. The van der Waals surface area contributed by atoms with E-state index in [4.69, 9.17) is 9.15 Å². The van der Waals surface area contributed by atoms with Crippen LogP contribution in [0, 0.1) is 0 Å². The van der Waals surface area contributed by atoms with E-state index in [0.717, 1.165) is 17.7 Å². The molecule has 7 heteroatoms. The summed E-state index contributed by atoms with van der Waals surface area (Å²) < 4.78 is 10.8. The normalized spacial score (nSPS) is 10.5. The van der Waals surface area contributed by atoms with E-state index < -0.39 is 0 Å². The average molecular weight is 369 g/mol. The average Bonchev–Trinajstić information content (AvgIpc) is 3.16. The number of carbonyl (C=O) groups is 1. The van der Waals surface area contributed by atoms with Crippen molar-refractivity contribution in [1.82, 2.24) is 10.2 Å². The minimum Gasteiger partial charge on any atom is -0.497 e. The van der Waals surface area contributed by atoms with Crippen LogP contribution in [0.4, 0.5) is 5.69 Å². The van der Waals surface area contributed by atoms with Crippen LogP contribution in [0.25, 0.3) is 11.5 Å². The molecule has 26 heavy (non-hydrogen) atoms. The highest BCUT2D eigenvalue weighted by Crippen LogP contribution is 2.26. The molecular weight excluding hydrogens is 350 g/mol. The Balaban J connectivity index is 1.58. The van der Waals surface area contributed by atoms with Crippen molar-refractivity contribution < 1.29 is 13.9 Å². The summed E-state index contributed by atoms with van der Waals surface area (Å²) in [6, 6.07) is 15.2. The summed E-state index contributed by atoms with van der Waals surface area (Å²) in [6.07, 6.45) is 0.924. The summed E-state index contributed by atoms with van der Waals surface area (Å²) in [5.41, 5.74) is 2.73. The molecule has 0 radical (unpaired) electrons. The zero-order valence-corrected chi connectivity index (χ0v) is 15.4. The van der Waals surface area contributed by atoms with Crippen molar-refractivity contribution in [2.45, 2.75) is 18.6 Å². The van der Waals surface area contributed by atoms with E-state index in [1.807, 2.05) is 48.5 Å². The number of thioether (sulfide) groups is 1. The van der Waals surface area contributed by atoms with Crippen LogP contribution in [0.3, 0.4) is 0 Å². The third-order valence-corrected chi connectivity index (χ3v) is 4.49. The highest BCUT2D eigenvalue weighted by Gasteiger charge is 2.12. The van der Waals surface area contributed by atoms with Crippen molar-refractivity contribution in [3.05, 3.63) is 54.1 Å². The summed E-state index contributed by atoms with van der Waals surface area (Å²) in [5, 5.41) is 11.2. The lowest BCUT2D eigenvalue weighted by Crippen LogP contribution is -2.14. The molecule has 134 valence electrons. The van der Waals surface area contributed by atoms with Crippen LogP contribution in [0.1, 0.15) is 12.5 Å². The van der Waals surface area contributed by atoms with Gasteiger partial charge in [0.1, 0.15) is 5.75 Å². The van der Waals surface area contributed by atoms with Crippen molar-refractivity contribution in [3.8, 4) is 17.2 Å². The van der Waals surface area contributed by atoms with Gasteiger partial charge in [-0.05, 0) is 42.3 Å². The van der Waals surface area contributed by atoms with Gasteiger partial charge in [-0.3, -0.25) is 4.79 Å². The van der Waals surface area contributed by atoms with Gasteiger partial charge in [0.25, 0.3) is 5.22 Å². The molecule has 1 aromatic heterocycles. The molecule has 0 unspecified atom stereocenters. The fourth-order valence-corrected chi connectivity index (χ4v) is 2.90. The number of nitrogens with one attached hydrogen (secondary N) is 1. The standard InChI is InChI=1S/C19H19N3O3S/c1-3-13-6-4-8-15(10-13)20-17(23)12-26-19-22-21-18(25-19)14-7-5-9-16(11-14)24-2/h4-11H,3,12H2,1-2H3,(H,20,23). The van der Waals surface area contributed by atoms with Crippen LogP contribution in [0.2, 0.25) is 0 Å². The van der Waals surface area contributed by atoms with Gasteiger partial charge in [0.05, 0.1) is 12.9 Å². The lowest BCUT2D eigenvalue weighted by Gasteiger charge is -2.05. The topological polar surface area (TPSA) is 77.2 Å². The largest absolute Gasteiger partial charge is 0.497 e. The number of rotatable bonds is 7. The van der Waals surface area contributed by atoms with Gasteiger partial charge in [-0.2, -0.15) is 0 Å². The maximum Gasteiger partial charge on any atom is 0.277 e. The molecule has 0 spiro atoms. The van der Waals surface area contributed by atoms with E-state index in [1.165, 1.54) is 17.3 Å². The van der Waals surface area contributed by atoms with Crippen molar-refractivity contribution in [3.63, 3.8) is 0 Å². The Morgan fingerprint density at radius 3 is 2.85 bits per heavy atom. The van der Waals surface area contributed by atoms with Crippen molar-refractivity contribution >= 4 is 23.4 Å². The lowest BCUT2D eigenvalue weighted by molar-refractivity contribution is -0.113. The van der Waals surface area contributed by atoms with E-state index >= 15 is 0 Å². The number of anilines is 1. The van der Waals surface area contributed by atoms with E-state index in [9.17, 15) is 4.79 Å². The molecule has 0 aliphatic carbocycles. The number of amides is 1. The van der Waals surface area contributed by atoms with Gasteiger partial charge in [0.15, 0.2) is 0 Å². The maximum absolute atomic E-state index is 12.1. The smallest absolute Gasteiger partial charge is 0.277 e. The molecule has 0 fully saturated rings. The Morgan fingerprint density at radius 2 is 2.04 bits per heavy atom. The summed E-state index contributed by atoms with van der Waals surface area (Å²) in [4.78, 5) is 12.1. The van der Waals surface area contributed by atoms with Crippen LogP contribution >= 0.6 is 11.8 Å². The molecule has 0 saturated carbocycles. The Labute approximate surface area is 156 Å². The zero-order chi connectivity index (χ0) is 18.4. The fraction of sp³-hybridized carbons (Fsp3) is 0.211. The second-order valence-corrected chi connectivity index (χ2v) is 6.42. The first-order chi connectivity index (χ1) is 12.7. The molecular formula is C19H19N3O3S. The molecule has 1 heterocycles. The van der Waals surface area contributed by atoms with Gasteiger partial charge < -0.3 is 14.5 Å². The molecule has 1 N–H and O–H groups in total. The molecule has 6 nitrogen and oxygen atoms in total.